The highest BCUT2D eigenvalue weighted by molar-refractivity contribution is 9.10. The highest BCUT2D eigenvalue weighted by Gasteiger charge is 2.18. The number of likely N-dealkylation sites (N-methyl/N-ethyl adjacent to an activating group) is 1. The molecule has 0 aliphatic carbocycles. The van der Waals surface area contributed by atoms with Gasteiger partial charge in [-0.3, -0.25) is 4.79 Å². The first-order valence-corrected chi connectivity index (χ1v) is 8.41. The van der Waals surface area contributed by atoms with Gasteiger partial charge in [-0.1, -0.05) is 18.2 Å². The van der Waals surface area contributed by atoms with Crippen LogP contribution in [-0.2, 0) is 0 Å². The van der Waals surface area contributed by atoms with Crippen molar-refractivity contribution in [1.29, 1.82) is 0 Å². The Morgan fingerprint density at radius 2 is 2.10 bits per heavy atom. The second-order valence-corrected chi connectivity index (χ2v) is 6.91. The maximum atomic E-state index is 12.4. The van der Waals surface area contributed by atoms with E-state index in [1.807, 2.05) is 45.3 Å². The molecule has 0 spiro atoms. The lowest BCUT2D eigenvalue weighted by Crippen LogP contribution is -2.34. The number of carbonyl (C=O) groups excluding carboxylic acids is 1. The van der Waals surface area contributed by atoms with Gasteiger partial charge in [0.25, 0.3) is 5.91 Å². The predicted molar refractivity (Wildman–Crippen MR) is 92.0 cm³/mol. The lowest BCUT2D eigenvalue weighted by atomic mass is 10.1. The van der Waals surface area contributed by atoms with Crippen LogP contribution in [-0.4, -0.2) is 31.4 Å². The standard InChI is InChI=1S/C16H19BrN2OS/c1-11-6-4-7-12(15(11)17)16(20)18-10-13(19(2)3)14-8-5-9-21-14/h4-9,13H,10H2,1-3H3,(H,18,20). The average molecular weight is 367 g/mol. The molecule has 0 radical (unpaired) electrons. The third kappa shape index (κ3) is 3.93. The van der Waals surface area contributed by atoms with Crippen molar-refractivity contribution in [3.05, 3.63) is 56.2 Å². The molecule has 0 saturated carbocycles. The lowest BCUT2D eigenvalue weighted by Gasteiger charge is -2.23. The first-order chi connectivity index (χ1) is 10.0. The molecule has 2 rings (SSSR count). The van der Waals surface area contributed by atoms with Gasteiger partial charge in [0.15, 0.2) is 0 Å². The van der Waals surface area contributed by atoms with Crippen LogP contribution in [0.4, 0.5) is 0 Å². The SMILES string of the molecule is Cc1cccc(C(=O)NCC(c2cccs2)N(C)C)c1Br. The highest BCUT2D eigenvalue weighted by Crippen LogP contribution is 2.24. The summed E-state index contributed by atoms with van der Waals surface area (Å²) in [4.78, 5) is 15.7. The topological polar surface area (TPSA) is 32.3 Å². The number of carbonyl (C=O) groups is 1. The lowest BCUT2D eigenvalue weighted by molar-refractivity contribution is 0.0941. The fourth-order valence-corrected chi connectivity index (χ4v) is 3.49. The van der Waals surface area contributed by atoms with Gasteiger partial charge in [-0.15, -0.1) is 11.3 Å². The molecule has 0 aliphatic heterocycles. The van der Waals surface area contributed by atoms with Crippen molar-refractivity contribution < 1.29 is 4.79 Å². The van der Waals surface area contributed by atoms with Crippen molar-refractivity contribution in [2.24, 2.45) is 0 Å². The molecule has 1 N–H and O–H groups in total. The van der Waals surface area contributed by atoms with E-state index in [1.54, 1.807) is 11.3 Å². The molecule has 3 nitrogen and oxygen atoms in total. The van der Waals surface area contributed by atoms with E-state index in [-0.39, 0.29) is 11.9 Å². The molecule has 2 aromatic rings. The van der Waals surface area contributed by atoms with E-state index in [2.05, 4.69) is 37.6 Å². The summed E-state index contributed by atoms with van der Waals surface area (Å²) in [5.74, 6) is -0.0472. The molecule has 1 atom stereocenters. The van der Waals surface area contributed by atoms with Crippen LogP contribution in [0.1, 0.15) is 26.8 Å². The summed E-state index contributed by atoms with van der Waals surface area (Å²) in [7, 11) is 4.05. The first kappa shape index (κ1) is 16.2. The molecular formula is C16H19BrN2OS. The summed E-state index contributed by atoms with van der Waals surface area (Å²) >= 11 is 5.20. The van der Waals surface area contributed by atoms with Crippen molar-refractivity contribution in [2.75, 3.05) is 20.6 Å². The number of halogens is 1. The maximum Gasteiger partial charge on any atom is 0.252 e. The first-order valence-electron chi connectivity index (χ1n) is 6.74. The van der Waals surface area contributed by atoms with Gasteiger partial charge in [0.05, 0.1) is 11.6 Å². The quantitative estimate of drug-likeness (QED) is 0.871. The van der Waals surface area contributed by atoms with Crippen LogP contribution in [0.25, 0.3) is 0 Å². The largest absolute Gasteiger partial charge is 0.350 e. The number of amides is 1. The Hall–Kier alpha value is -1.17. The van der Waals surface area contributed by atoms with Gasteiger partial charge < -0.3 is 10.2 Å². The number of rotatable bonds is 5. The summed E-state index contributed by atoms with van der Waals surface area (Å²) in [6.07, 6.45) is 0. The molecule has 0 aliphatic rings. The number of benzene rings is 1. The summed E-state index contributed by atoms with van der Waals surface area (Å²) in [5, 5.41) is 5.09. The molecule has 1 aromatic heterocycles. The monoisotopic (exact) mass is 366 g/mol. The van der Waals surface area contributed by atoms with E-state index in [9.17, 15) is 4.79 Å². The summed E-state index contributed by atoms with van der Waals surface area (Å²) in [5.41, 5.74) is 1.74. The van der Waals surface area contributed by atoms with E-state index in [0.29, 0.717) is 12.1 Å². The molecule has 21 heavy (non-hydrogen) atoms. The molecule has 0 saturated heterocycles. The second kappa shape index (κ2) is 7.20. The Labute approximate surface area is 138 Å². The molecule has 1 heterocycles. The van der Waals surface area contributed by atoms with Crippen LogP contribution in [0.5, 0.6) is 0 Å². The number of aryl methyl sites for hydroxylation is 1. The Morgan fingerprint density at radius 1 is 1.33 bits per heavy atom. The smallest absolute Gasteiger partial charge is 0.252 e. The van der Waals surface area contributed by atoms with E-state index in [4.69, 9.17) is 0 Å². The Bertz CT molecular complexity index is 611. The van der Waals surface area contributed by atoms with E-state index < -0.39 is 0 Å². The molecule has 1 aromatic carbocycles. The zero-order valence-electron chi connectivity index (χ0n) is 12.4. The van der Waals surface area contributed by atoms with Crippen LogP contribution in [0.2, 0.25) is 0 Å². The summed E-state index contributed by atoms with van der Waals surface area (Å²) in [6.45, 7) is 2.57. The van der Waals surface area contributed by atoms with Crippen LogP contribution < -0.4 is 5.32 Å². The minimum absolute atomic E-state index is 0.0472. The van der Waals surface area contributed by atoms with Crippen molar-refractivity contribution in [3.63, 3.8) is 0 Å². The van der Waals surface area contributed by atoms with Crippen molar-refractivity contribution in [3.8, 4) is 0 Å². The Kier molecular flexibility index (Phi) is 5.56. The Balaban J connectivity index is 2.07. The fraction of sp³-hybridized carbons (Fsp3) is 0.312. The van der Waals surface area contributed by atoms with E-state index in [1.165, 1.54) is 4.88 Å². The number of nitrogens with zero attached hydrogens (tertiary/aromatic N) is 1. The molecule has 1 amide bonds. The third-order valence-corrected chi connectivity index (χ3v) is 5.41. The number of nitrogens with one attached hydrogen (secondary N) is 1. The third-order valence-electron chi connectivity index (χ3n) is 3.39. The fourth-order valence-electron chi connectivity index (χ4n) is 2.13. The number of hydrogen-bond donors (Lipinski definition) is 1. The predicted octanol–water partition coefficient (Wildman–Crippen LogP) is 3.85. The Morgan fingerprint density at radius 3 is 2.71 bits per heavy atom. The van der Waals surface area contributed by atoms with Gasteiger partial charge >= 0.3 is 0 Å². The molecule has 1 unspecified atom stereocenters. The molecule has 0 bridgehead atoms. The highest BCUT2D eigenvalue weighted by atomic mass is 79.9. The van der Waals surface area contributed by atoms with Gasteiger partial charge in [0.1, 0.15) is 0 Å². The maximum absolute atomic E-state index is 12.4. The van der Waals surface area contributed by atoms with Crippen molar-refractivity contribution in [1.82, 2.24) is 10.2 Å². The minimum atomic E-state index is -0.0472. The zero-order valence-corrected chi connectivity index (χ0v) is 14.8. The van der Waals surface area contributed by atoms with Crippen LogP contribution in [0.15, 0.2) is 40.2 Å². The van der Waals surface area contributed by atoms with Crippen LogP contribution in [0.3, 0.4) is 0 Å². The average Bonchev–Trinajstić information content (AvgIpc) is 2.95. The van der Waals surface area contributed by atoms with Gasteiger partial charge in [-0.2, -0.15) is 0 Å². The van der Waals surface area contributed by atoms with Gasteiger partial charge in [-0.25, -0.2) is 0 Å². The van der Waals surface area contributed by atoms with E-state index >= 15 is 0 Å². The van der Waals surface area contributed by atoms with Crippen molar-refractivity contribution in [2.45, 2.75) is 13.0 Å². The number of thiophene rings is 1. The van der Waals surface area contributed by atoms with Gasteiger partial charge in [0.2, 0.25) is 0 Å². The van der Waals surface area contributed by atoms with Gasteiger partial charge in [-0.05, 0) is 60.0 Å². The summed E-state index contributed by atoms with van der Waals surface area (Å²) in [6, 6.07) is 10.0. The minimum Gasteiger partial charge on any atom is -0.350 e. The van der Waals surface area contributed by atoms with Crippen molar-refractivity contribution >= 4 is 33.2 Å². The molecule has 112 valence electrons. The van der Waals surface area contributed by atoms with Gasteiger partial charge in [0, 0.05) is 15.9 Å². The normalized spacial score (nSPS) is 12.4. The second-order valence-electron chi connectivity index (χ2n) is 5.14. The van der Waals surface area contributed by atoms with Crippen LogP contribution >= 0.6 is 27.3 Å². The van der Waals surface area contributed by atoms with Crippen LogP contribution in [0, 0.1) is 6.92 Å². The van der Waals surface area contributed by atoms with E-state index in [0.717, 1.165) is 10.0 Å². The molecule has 5 heteroatoms. The summed E-state index contributed by atoms with van der Waals surface area (Å²) < 4.78 is 0.861. The molecule has 0 fully saturated rings. The number of hydrogen-bond acceptors (Lipinski definition) is 3. The molecular weight excluding hydrogens is 348 g/mol. The zero-order chi connectivity index (χ0) is 15.4.